The molecule has 1 aliphatic heterocycles. The van der Waals surface area contributed by atoms with Gasteiger partial charge in [0.15, 0.2) is 0 Å². The van der Waals surface area contributed by atoms with Crippen LogP contribution in [0.5, 0.6) is 5.75 Å². The molecule has 0 N–H and O–H groups in total. The van der Waals surface area contributed by atoms with Gasteiger partial charge in [0.1, 0.15) is 5.75 Å². The molecule has 3 aromatic carbocycles. The van der Waals surface area contributed by atoms with E-state index in [0.29, 0.717) is 24.5 Å². The number of ether oxygens (including phenoxy) is 1. The van der Waals surface area contributed by atoms with Crippen LogP contribution < -0.4 is 4.74 Å². The van der Waals surface area contributed by atoms with Crippen molar-refractivity contribution in [2.75, 3.05) is 13.1 Å². The molecule has 1 atom stereocenters. The van der Waals surface area contributed by atoms with Gasteiger partial charge in [0.05, 0.1) is 0 Å². The van der Waals surface area contributed by atoms with Gasteiger partial charge in [0.2, 0.25) is 5.91 Å². The molecule has 1 unspecified atom stereocenters. The topological polar surface area (TPSA) is 46.6 Å². The fraction of sp³-hybridized carbons (Fsp3) is 0.355. The van der Waals surface area contributed by atoms with Gasteiger partial charge in [-0.3, -0.25) is 9.59 Å². The number of carbonyl (C=O) groups excluding carboxylic acids is 2. The molecule has 3 aromatic rings. The van der Waals surface area contributed by atoms with Crippen LogP contribution >= 0.6 is 0 Å². The summed E-state index contributed by atoms with van der Waals surface area (Å²) in [6.07, 6.45) is 4.44. The van der Waals surface area contributed by atoms with Crippen LogP contribution in [0.4, 0.5) is 0 Å². The number of carbonyl (C=O) groups is 2. The van der Waals surface area contributed by atoms with Gasteiger partial charge in [0, 0.05) is 31.8 Å². The molecule has 0 aromatic heterocycles. The smallest absolute Gasteiger partial charge is 0.311 e. The molecule has 1 heterocycles. The zero-order valence-electron chi connectivity index (χ0n) is 20.6. The third kappa shape index (κ3) is 6.82. The van der Waals surface area contributed by atoms with Crippen molar-refractivity contribution in [3.05, 3.63) is 102 Å². The molecule has 0 saturated carbocycles. The third-order valence-electron chi connectivity index (χ3n) is 6.80. The molecule has 182 valence electrons. The lowest BCUT2D eigenvalue weighted by atomic mass is 9.77. The van der Waals surface area contributed by atoms with Gasteiger partial charge in [-0.15, -0.1) is 0 Å². The number of piperidine rings is 1. The summed E-state index contributed by atoms with van der Waals surface area (Å²) in [4.78, 5) is 26.6. The summed E-state index contributed by atoms with van der Waals surface area (Å²) in [7, 11) is 0. The molecule has 0 spiro atoms. The molecule has 1 saturated heterocycles. The van der Waals surface area contributed by atoms with Crippen LogP contribution in [0.2, 0.25) is 0 Å². The quantitative estimate of drug-likeness (QED) is 0.255. The molecule has 35 heavy (non-hydrogen) atoms. The van der Waals surface area contributed by atoms with Crippen molar-refractivity contribution in [2.45, 2.75) is 51.4 Å². The Morgan fingerprint density at radius 2 is 1.66 bits per heavy atom. The SMILES string of the molecule is CCCC(=O)Oc1cccc(CCCN2CC(C(c3ccccc3)c3ccccc3)CCC2=O)c1. The maximum Gasteiger partial charge on any atom is 0.311 e. The highest BCUT2D eigenvalue weighted by Crippen LogP contribution is 2.37. The van der Waals surface area contributed by atoms with E-state index in [-0.39, 0.29) is 17.8 Å². The van der Waals surface area contributed by atoms with Crippen LogP contribution in [0.15, 0.2) is 84.9 Å². The lowest BCUT2D eigenvalue weighted by Gasteiger charge is -2.37. The molecule has 4 rings (SSSR count). The minimum Gasteiger partial charge on any atom is -0.427 e. The molecular formula is C31H35NO3. The molecule has 0 bridgehead atoms. The molecule has 0 radical (unpaired) electrons. The van der Waals surface area contributed by atoms with Crippen LogP contribution in [0.25, 0.3) is 0 Å². The number of rotatable bonds is 10. The van der Waals surface area contributed by atoms with E-state index in [9.17, 15) is 9.59 Å². The lowest BCUT2D eigenvalue weighted by molar-refractivity contribution is -0.135. The standard InChI is InChI=1S/C31H35NO3/c1-2-11-30(34)35-28-18-9-12-24(22-28)13-10-21-32-23-27(19-20-29(32)33)31(25-14-5-3-6-15-25)26-16-7-4-8-17-26/h3-9,12,14-18,22,27,31H,2,10-11,13,19-21,23H2,1H3. The second kappa shape index (κ2) is 12.3. The zero-order valence-corrected chi connectivity index (χ0v) is 20.6. The van der Waals surface area contributed by atoms with Crippen molar-refractivity contribution in [2.24, 2.45) is 5.92 Å². The van der Waals surface area contributed by atoms with Crippen molar-refractivity contribution in [3.63, 3.8) is 0 Å². The van der Waals surface area contributed by atoms with E-state index >= 15 is 0 Å². The van der Waals surface area contributed by atoms with Crippen molar-refractivity contribution >= 4 is 11.9 Å². The summed E-state index contributed by atoms with van der Waals surface area (Å²) < 4.78 is 5.43. The highest BCUT2D eigenvalue weighted by Gasteiger charge is 2.32. The molecule has 4 nitrogen and oxygen atoms in total. The van der Waals surface area contributed by atoms with Gasteiger partial charge >= 0.3 is 5.97 Å². The first-order valence-electron chi connectivity index (χ1n) is 12.8. The minimum absolute atomic E-state index is 0.194. The van der Waals surface area contributed by atoms with Gasteiger partial charge in [0.25, 0.3) is 0 Å². The van der Waals surface area contributed by atoms with Crippen LogP contribution in [-0.2, 0) is 16.0 Å². The lowest BCUT2D eigenvalue weighted by Crippen LogP contribution is -2.42. The van der Waals surface area contributed by atoms with E-state index in [4.69, 9.17) is 4.74 Å². The Balaban J connectivity index is 1.39. The Morgan fingerprint density at radius 1 is 0.971 bits per heavy atom. The van der Waals surface area contributed by atoms with Gasteiger partial charge < -0.3 is 9.64 Å². The minimum atomic E-state index is -0.194. The van der Waals surface area contributed by atoms with Crippen LogP contribution in [-0.4, -0.2) is 29.9 Å². The van der Waals surface area contributed by atoms with Gasteiger partial charge in [-0.1, -0.05) is 79.7 Å². The first-order valence-corrected chi connectivity index (χ1v) is 12.8. The van der Waals surface area contributed by atoms with E-state index in [2.05, 4.69) is 71.6 Å². The molecular weight excluding hydrogens is 434 g/mol. The average Bonchev–Trinajstić information content (AvgIpc) is 2.88. The summed E-state index contributed by atoms with van der Waals surface area (Å²) in [5.41, 5.74) is 3.75. The Labute approximate surface area is 208 Å². The monoisotopic (exact) mass is 469 g/mol. The normalized spacial score (nSPS) is 15.9. The van der Waals surface area contributed by atoms with Crippen molar-refractivity contribution in [1.29, 1.82) is 0 Å². The summed E-state index contributed by atoms with van der Waals surface area (Å²) >= 11 is 0. The summed E-state index contributed by atoms with van der Waals surface area (Å²) in [6, 6.07) is 29.1. The number of aryl methyl sites for hydroxylation is 1. The molecule has 0 aliphatic carbocycles. The first kappa shape index (κ1) is 24.7. The summed E-state index contributed by atoms with van der Waals surface area (Å²) in [5.74, 6) is 1.33. The van der Waals surface area contributed by atoms with E-state index in [1.54, 1.807) is 0 Å². The summed E-state index contributed by atoms with van der Waals surface area (Å²) in [6.45, 7) is 3.49. The van der Waals surface area contributed by atoms with E-state index < -0.39 is 0 Å². The number of esters is 1. The van der Waals surface area contributed by atoms with Gasteiger partial charge in [-0.05, 0) is 60.4 Å². The number of benzene rings is 3. The molecule has 1 amide bonds. The summed E-state index contributed by atoms with van der Waals surface area (Å²) in [5, 5.41) is 0. The highest BCUT2D eigenvalue weighted by atomic mass is 16.5. The highest BCUT2D eigenvalue weighted by molar-refractivity contribution is 5.77. The van der Waals surface area contributed by atoms with Crippen LogP contribution in [0, 0.1) is 5.92 Å². The fourth-order valence-corrected chi connectivity index (χ4v) is 5.11. The Kier molecular flexibility index (Phi) is 8.72. The van der Waals surface area contributed by atoms with Crippen molar-refractivity contribution < 1.29 is 14.3 Å². The largest absolute Gasteiger partial charge is 0.427 e. The van der Waals surface area contributed by atoms with Crippen molar-refractivity contribution in [1.82, 2.24) is 4.90 Å². The predicted molar refractivity (Wildman–Crippen MR) is 139 cm³/mol. The van der Waals surface area contributed by atoms with Gasteiger partial charge in [-0.2, -0.15) is 0 Å². The second-order valence-electron chi connectivity index (χ2n) is 9.41. The number of amides is 1. The second-order valence-corrected chi connectivity index (χ2v) is 9.41. The van der Waals surface area contributed by atoms with E-state index in [1.165, 1.54) is 11.1 Å². The maximum atomic E-state index is 12.8. The average molecular weight is 470 g/mol. The Morgan fingerprint density at radius 3 is 2.31 bits per heavy atom. The van der Waals surface area contributed by atoms with E-state index in [0.717, 1.165) is 44.3 Å². The van der Waals surface area contributed by atoms with Crippen LogP contribution in [0.1, 0.15) is 61.6 Å². The van der Waals surface area contributed by atoms with Crippen LogP contribution in [0.3, 0.4) is 0 Å². The predicted octanol–water partition coefficient (Wildman–Crippen LogP) is 6.40. The van der Waals surface area contributed by atoms with E-state index in [1.807, 2.05) is 25.1 Å². The number of nitrogens with zero attached hydrogens (tertiary/aromatic N) is 1. The fourth-order valence-electron chi connectivity index (χ4n) is 5.11. The van der Waals surface area contributed by atoms with Crippen molar-refractivity contribution in [3.8, 4) is 5.75 Å². The number of hydrogen-bond donors (Lipinski definition) is 0. The molecule has 4 heteroatoms. The number of likely N-dealkylation sites (tertiary alicyclic amines) is 1. The Hall–Kier alpha value is -3.40. The zero-order chi connectivity index (χ0) is 24.5. The Bertz CT molecular complexity index is 1060. The third-order valence-corrected chi connectivity index (χ3v) is 6.80. The molecule has 1 fully saturated rings. The maximum absolute atomic E-state index is 12.8. The molecule has 1 aliphatic rings. The number of hydrogen-bond acceptors (Lipinski definition) is 3. The van der Waals surface area contributed by atoms with Gasteiger partial charge in [-0.25, -0.2) is 0 Å². The first-order chi connectivity index (χ1) is 17.1.